The van der Waals surface area contributed by atoms with Crippen LogP contribution < -0.4 is 5.73 Å². The monoisotopic (exact) mass is 834 g/mol. The summed E-state index contributed by atoms with van der Waals surface area (Å²) in [5.74, 6) is -1.81. The van der Waals surface area contributed by atoms with Crippen LogP contribution in [-0.4, -0.2) is 60.5 Å². The molecule has 0 aliphatic rings. The molecule has 3 unspecified atom stereocenters. The number of hydrogen-bond acceptors (Lipinski definition) is 8. The van der Waals surface area contributed by atoms with Crippen LogP contribution in [0, 0.1) is 0 Å². The minimum atomic E-state index is -4.63. The zero-order valence-corrected chi connectivity index (χ0v) is 37.0. The molecular formula is C47H80NO9P. The van der Waals surface area contributed by atoms with Gasteiger partial charge in [0.25, 0.3) is 0 Å². The first-order chi connectivity index (χ1) is 28.2. The van der Waals surface area contributed by atoms with Crippen LogP contribution >= 0.6 is 7.82 Å². The molecule has 0 amide bonds. The van der Waals surface area contributed by atoms with Gasteiger partial charge in [-0.25, -0.2) is 4.57 Å². The van der Waals surface area contributed by atoms with Crippen molar-refractivity contribution >= 4 is 19.8 Å². The second-order valence-electron chi connectivity index (χ2n) is 14.4. The number of aliphatic carboxylic acids is 1. The molecule has 0 rings (SSSR count). The Balaban J connectivity index is 4.33. The Labute approximate surface area is 352 Å². The lowest BCUT2D eigenvalue weighted by molar-refractivity contribution is -0.154. The highest BCUT2D eigenvalue weighted by Crippen LogP contribution is 2.43. The number of carbonyl (C=O) groups excluding carboxylic acids is 1. The molecule has 11 heteroatoms. The second kappa shape index (κ2) is 42.3. The summed E-state index contributed by atoms with van der Waals surface area (Å²) in [5.41, 5.74) is 5.35. The standard InChI is InChI=1S/C47H80NO9P/c1-3-5-7-9-11-13-15-17-19-21-22-23-24-26-28-30-32-34-36-38-40-54-41-44(42-55-58(52,53)56-43-45(48)47(50)51)57-46(49)39-37-35-33-31-29-27-25-20-18-16-14-12-10-8-6-4-2/h5,7,11,13-14,16-17,19-20,22-23,25-26,28,44-45H,3-4,6,8-10,12,15,18,21,24,27,29-43,48H2,1-2H3,(H,50,51)(H,52,53)/b7-5-,13-11-,16-14-,19-17-,23-22-,25-20-,28-26-. The molecule has 10 nitrogen and oxygen atoms in total. The van der Waals surface area contributed by atoms with Crippen molar-refractivity contribution in [2.75, 3.05) is 26.4 Å². The molecule has 0 saturated carbocycles. The Morgan fingerprint density at radius 1 is 0.569 bits per heavy atom. The third kappa shape index (κ3) is 41.3. The van der Waals surface area contributed by atoms with Crippen LogP contribution in [0.3, 0.4) is 0 Å². The molecule has 0 aromatic carbocycles. The fraction of sp³-hybridized carbons (Fsp3) is 0.660. The summed E-state index contributed by atoms with van der Waals surface area (Å²) in [7, 11) is -4.63. The van der Waals surface area contributed by atoms with Crippen LogP contribution in [0.25, 0.3) is 0 Å². The molecule has 0 saturated heterocycles. The number of allylic oxidation sites excluding steroid dienone is 14. The molecule has 0 bridgehead atoms. The number of unbranched alkanes of at least 4 members (excludes halogenated alkanes) is 13. The normalized spacial score (nSPS) is 14.7. The molecule has 0 heterocycles. The SMILES string of the molecule is CC/C=C\C/C=C\C/C=C\C/C=C\C/C=C\CCCCCCOCC(COP(=O)(O)OCC(N)C(=O)O)OC(=O)CCCCCCC/C=C\C/C=C\CCCCCC. The molecule has 0 aliphatic carbocycles. The number of esters is 1. The van der Waals surface area contributed by atoms with E-state index in [2.05, 4.69) is 98.9 Å². The summed E-state index contributed by atoms with van der Waals surface area (Å²) in [6.45, 7) is 3.65. The van der Waals surface area contributed by atoms with Gasteiger partial charge in [0.05, 0.1) is 19.8 Å². The highest BCUT2D eigenvalue weighted by Gasteiger charge is 2.27. The Kier molecular flexibility index (Phi) is 40.2. The number of rotatable bonds is 41. The number of ether oxygens (including phenoxy) is 2. The van der Waals surface area contributed by atoms with Gasteiger partial charge < -0.3 is 25.2 Å². The quantitative estimate of drug-likeness (QED) is 0.0235. The third-order valence-corrected chi connectivity index (χ3v) is 9.86. The highest BCUT2D eigenvalue weighted by molar-refractivity contribution is 7.47. The molecule has 0 aromatic heterocycles. The molecule has 58 heavy (non-hydrogen) atoms. The van der Waals surface area contributed by atoms with Crippen molar-refractivity contribution in [3.63, 3.8) is 0 Å². The van der Waals surface area contributed by atoms with Gasteiger partial charge in [0, 0.05) is 13.0 Å². The maximum absolute atomic E-state index is 12.6. The van der Waals surface area contributed by atoms with Gasteiger partial charge in [0.2, 0.25) is 0 Å². The Morgan fingerprint density at radius 3 is 1.50 bits per heavy atom. The van der Waals surface area contributed by atoms with Crippen LogP contribution in [0.5, 0.6) is 0 Å². The van der Waals surface area contributed by atoms with Gasteiger partial charge in [0.1, 0.15) is 12.1 Å². The molecule has 0 aliphatic heterocycles. The smallest absolute Gasteiger partial charge is 0.472 e. The van der Waals surface area contributed by atoms with E-state index in [0.29, 0.717) is 13.0 Å². The van der Waals surface area contributed by atoms with E-state index in [0.717, 1.165) is 103 Å². The van der Waals surface area contributed by atoms with E-state index in [-0.39, 0.29) is 13.0 Å². The number of nitrogens with two attached hydrogens (primary N) is 1. The maximum Gasteiger partial charge on any atom is 0.472 e. The molecule has 0 radical (unpaired) electrons. The first-order valence-electron chi connectivity index (χ1n) is 22.1. The van der Waals surface area contributed by atoms with Gasteiger partial charge >= 0.3 is 19.8 Å². The van der Waals surface area contributed by atoms with E-state index in [1.807, 2.05) is 0 Å². The molecule has 332 valence electrons. The van der Waals surface area contributed by atoms with Gasteiger partial charge in [-0.1, -0.05) is 150 Å². The van der Waals surface area contributed by atoms with E-state index < -0.39 is 45.1 Å². The van der Waals surface area contributed by atoms with Gasteiger partial charge in [-0.3, -0.25) is 18.6 Å². The molecular weight excluding hydrogens is 753 g/mol. The first kappa shape index (κ1) is 55.2. The number of carbonyl (C=O) groups is 2. The van der Waals surface area contributed by atoms with Crippen LogP contribution in [0.2, 0.25) is 0 Å². The first-order valence-corrected chi connectivity index (χ1v) is 23.6. The van der Waals surface area contributed by atoms with Gasteiger partial charge in [-0.2, -0.15) is 0 Å². The minimum Gasteiger partial charge on any atom is -0.480 e. The zero-order valence-electron chi connectivity index (χ0n) is 36.1. The van der Waals surface area contributed by atoms with Crippen molar-refractivity contribution in [1.29, 1.82) is 0 Å². The third-order valence-electron chi connectivity index (χ3n) is 8.91. The van der Waals surface area contributed by atoms with E-state index in [9.17, 15) is 19.0 Å². The van der Waals surface area contributed by atoms with E-state index >= 15 is 0 Å². The lowest BCUT2D eigenvalue weighted by atomic mass is 10.1. The number of phosphoric ester groups is 1. The minimum absolute atomic E-state index is 0.0112. The van der Waals surface area contributed by atoms with Gasteiger partial charge in [0.15, 0.2) is 0 Å². The van der Waals surface area contributed by atoms with E-state index in [4.69, 9.17) is 29.4 Å². The largest absolute Gasteiger partial charge is 0.480 e. The van der Waals surface area contributed by atoms with Crippen molar-refractivity contribution in [3.05, 3.63) is 85.1 Å². The Bertz CT molecular complexity index is 1240. The summed E-state index contributed by atoms with van der Waals surface area (Å²) < 4.78 is 33.3. The fourth-order valence-corrected chi connectivity index (χ4v) is 6.26. The van der Waals surface area contributed by atoms with Crippen molar-refractivity contribution in [2.45, 2.75) is 174 Å². The van der Waals surface area contributed by atoms with Crippen molar-refractivity contribution < 1.29 is 42.7 Å². The average molecular weight is 834 g/mol. The lowest BCUT2D eigenvalue weighted by Gasteiger charge is -2.20. The molecule has 0 aromatic rings. The fourth-order valence-electron chi connectivity index (χ4n) is 5.48. The summed E-state index contributed by atoms with van der Waals surface area (Å²) >= 11 is 0. The lowest BCUT2D eigenvalue weighted by Crippen LogP contribution is -2.34. The average Bonchev–Trinajstić information content (AvgIpc) is 3.20. The number of carboxylic acids is 1. The summed E-state index contributed by atoms with van der Waals surface area (Å²) in [5, 5.41) is 8.90. The summed E-state index contributed by atoms with van der Waals surface area (Å²) in [6.07, 6.45) is 53.5. The maximum atomic E-state index is 12.6. The van der Waals surface area contributed by atoms with Crippen LogP contribution in [0.1, 0.15) is 162 Å². The van der Waals surface area contributed by atoms with Crippen molar-refractivity contribution in [1.82, 2.24) is 0 Å². The topological polar surface area (TPSA) is 155 Å². The zero-order chi connectivity index (χ0) is 42.6. The predicted molar refractivity (Wildman–Crippen MR) is 240 cm³/mol. The Morgan fingerprint density at radius 2 is 1.00 bits per heavy atom. The van der Waals surface area contributed by atoms with Crippen LogP contribution in [0.15, 0.2) is 85.1 Å². The number of carboxylic acid groups (broad SMARTS) is 1. The summed E-state index contributed by atoms with van der Waals surface area (Å²) in [4.78, 5) is 33.5. The van der Waals surface area contributed by atoms with Crippen LogP contribution in [0.4, 0.5) is 0 Å². The van der Waals surface area contributed by atoms with Crippen LogP contribution in [-0.2, 0) is 32.7 Å². The molecule has 0 spiro atoms. The van der Waals surface area contributed by atoms with Crippen molar-refractivity contribution in [2.24, 2.45) is 5.73 Å². The van der Waals surface area contributed by atoms with Gasteiger partial charge in [-0.05, 0) is 89.9 Å². The Hall–Kier alpha value is -2.85. The number of hydrogen-bond donors (Lipinski definition) is 3. The second-order valence-corrected chi connectivity index (χ2v) is 15.9. The summed E-state index contributed by atoms with van der Waals surface area (Å²) in [6, 6.07) is -1.48. The van der Waals surface area contributed by atoms with E-state index in [1.54, 1.807) is 0 Å². The molecule has 3 atom stereocenters. The highest BCUT2D eigenvalue weighted by atomic mass is 31.2. The molecule has 4 N–H and O–H groups in total. The van der Waals surface area contributed by atoms with Crippen molar-refractivity contribution in [3.8, 4) is 0 Å². The van der Waals surface area contributed by atoms with Gasteiger partial charge in [-0.15, -0.1) is 0 Å². The van der Waals surface area contributed by atoms with E-state index in [1.165, 1.54) is 32.1 Å². The predicted octanol–water partition coefficient (Wildman–Crippen LogP) is 12.4. The molecule has 0 fully saturated rings. The number of phosphoric acid groups is 1.